The lowest BCUT2D eigenvalue weighted by Gasteiger charge is -2.06. The van der Waals surface area contributed by atoms with Crippen molar-refractivity contribution in [2.45, 2.75) is 13.5 Å². The number of rotatable bonds is 3. The summed E-state index contributed by atoms with van der Waals surface area (Å²) in [5.41, 5.74) is 3.20. The van der Waals surface area contributed by atoms with Crippen LogP contribution in [0.2, 0.25) is 5.02 Å². The summed E-state index contributed by atoms with van der Waals surface area (Å²) in [5.74, 6) is 0. The van der Waals surface area contributed by atoms with Crippen molar-refractivity contribution in [2.75, 3.05) is 5.32 Å². The fraction of sp³-hybridized carbons (Fsp3) is 0.250. The predicted octanol–water partition coefficient (Wildman–Crippen LogP) is 2.99. The number of halogens is 1. The van der Waals surface area contributed by atoms with E-state index in [-0.39, 0.29) is 0 Å². The van der Waals surface area contributed by atoms with E-state index in [0.29, 0.717) is 0 Å². The zero-order chi connectivity index (χ0) is 11.5. The molecule has 0 aliphatic heterocycles. The molecule has 0 atom stereocenters. The molecule has 0 radical (unpaired) electrons. The van der Waals surface area contributed by atoms with E-state index in [0.717, 1.165) is 28.6 Å². The second-order valence-corrected chi connectivity index (χ2v) is 4.20. The molecule has 84 valence electrons. The van der Waals surface area contributed by atoms with Crippen molar-refractivity contribution in [2.24, 2.45) is 7.05 Å². The third kappa shape index (κ3) is 2.55. The van der Waals surface area contributed by atoms with E-state index in [1.165, 1.54) is 0 Å². The van der Waals surface area contributed by atoms with Gasteiger partial charge in [-0.25, -0.2) is 0 Å². The Morgan fingerprint density at radius 3 is 2.81 bits per heavy atom. The molecule has 1 aromatic heterocycles. The molecule has 0 unspecified atom stereocenters. The van der Waals surface area contributed by atoms with E-state index >= 15 is 0 Å². The quantitative estimate of drug-likeness (QED) is 0.887. The lowest BCUT2D eigenvalue weighted by molar-refractivity contribution is 0.713. The van der Waals surface area contributed by atoms with E-state index in [4.69, 9.17) is 11.6 Å². The molecule has 1 N–H and O–H groups in total. The second kappa shape index (κ2) is 4.58. The maximum absolute atomic E-state index is 5.90. The van der Waals surface area contributed by atoms with Crippen molar-refractivity contribution in [3.8, 4) is 0 Å². The Kier molecular flexibility index (Phi) is 3.15. The Bertz CT molecular complexity index is 491. The number of nitrogens with zero attached hydrogens (tertiary/aromatic N) is 2. The van der Waals surface area contributed by atoms with Crippen LogP contribution in [0, 0.1) is 6.92 Å². The van der Waals surface area contributed by atoms with Crippen LogP contribution in [0.15, 0.2) is 30.3 Å². The molecule has 0 spiro atoms. The van der Waals surface area contributed by atoms with Crippen LogP contribution in [-0.2, 0) is 13.6 Å². The Balaban J connectivity index is 2.05. The van der Waals surface area contributed by atoms with Crippen molar-refractivity contribution in [3.63, 3.8) is 0 Å². The number of anilines is 1. The van der Waals surface area contributed by atoms with Gasteiger partial charge in [-0.2, -0.15) is 5.10 Å². The van der Waals surface area contributed by atoms with Gasteiger partial charge in [-0.1, -0.05) is 17.7 Å². The topological polar surface area (TPSA) is 29.9 Å². The molecule has 3 nitrogen and oxygen atoms in total. The van der Waals surface area contributed by atoms with Gasteiger partial charge in [0, 0.05) is 17.8 Å². The zero-order valence-electron chi connectivity index (χ0n) is 9.37. The van der Waals surface area contributed by atoms with Crippen LogP contribution in [0.1, 0.15) is 11.4 Å². The molecular weight excluding hydrogens is 222 g/mol. The molecule has 0 aliphatic carbocycles. The molecular formula is C12H14ClN3. The lowest BCUT2D eigenvalue weighted by Crippen LogP contribution is -2.05. The monoisotopic (exact) mass is 235 g/mol. The maximum atomic E-state index is 5.90. The van der Waals surface area contributed by atoms with Crippen molar-refractivity contribution in [1.29, 1.82) is 0 Å². The summed E-state index contributed by atoms with van der Waals surface area (Å²) in [6.45, 7) is 2.74. The van der Waals surface area contributed by atoms with E-state index in [1.807, 2.05) is 42.9 Å². The molecule has 16 heavy (non-hydrogen) atoms. The Morgan fingerprint density at radius 1 is 1.38 bits per heavy atom. The smallest absolute Gasteiger partial charge is 0.0597 e. The van der Waals surface area contributed by atoms with Crippen LogP contribution < -0.4 is 5.32 Å². The van der Waals surface area contributed by atoms with Crippen molar-refractivity contribution < 1.29 is 0 Å². The molecule has 0 saturated heterocycles. The summed E-state index contributed by atoms with van der Waals surface area (Å²) in [5, 5.41) is 8.34. The standard InChI is InChI=1S/C12H14ClN3/c1-9-6-12(16(2)15-9)8-14-11-5-3-4-10(13)7-11/h3-7,14H,8H2,1-2H3. The van der Waals surface area contributed by atoms with Crippen LogP contribution >= 0.6 is 11.6 Å². The van der Waals surface area contributed by atoms with Crippen molar-refractivity contribution >= 4 is 17.3 Å². The number of aromatic nitrogens is 2. The molecule has 0 bridgehead atoms. The van der Waals surface area contributed by atoms with Gasteiger partial charge in [-0.05, 0) is 31.2 Å². The van der Waals surface area contributed by atoms with E-state index in [1.54, 1.807) is 0 Å². The molecule has 0 saturated carbocycles. The van der Waals surface area contributed by atoms with Crippen molar-refractivity contribution in [1.82, 2.24) is 9.78 Å². The zero-order valence-corrected chi connectivity index (χ0v) is 10.1. The molecule has 0 fully saturated rings. The van der Waals surface area contributed by atoms with E-state index in [9.17, 15) is 0 Å². The van der Waals surface area contributed by atoms with Crippen LogP contribution in [0.5, 0.6) is 0 Å². The Hall–Kier alpha value is -1.48. The third-order valence-electron chi connectivity index (χ3n) is 2.40. The van der Waals surface area contributed by atoms with Gasteiger partial charge < -0.3 is 5.32 Å². The van der Waals surface area contributed by atoms with E-state index in [2.05, 4.69) is 16.5 Å². The summed E-state index contributed by atoms with van der Waals surface area (Å²) in [7, 11) is 1.95. The first-order valence-electron chi connectivity index (χ1n) is 5.14. The fourth-order valence-corrected chi connectivity index (χ4v) is 1.81. The highest BCUT2D eigenvalue weighted by atomic mass is 35.5. The molecule has 2 aromatic rings. The normalized spacial score (nSPS) is 10.4. The number of hydrogen-bond acceptors (Lipinski definition) is 2. The molecule has 1 aromatic carbocycles. The first-order valence-corrected chi connectivity index (χ1v) is 5.52. The minimum absolute atomic E-state index is 0.742. The first kappa shape index (κ1) is 11.0. The lowest BCUT2D eigenvalue weighted by atomic mass is 10.3. The molecule has 0 aliphatic rings. The van der Waals surface area contributed by atoms with Gasteiger partial charge in [0.05, 0.1) is 17.9 Å². The van der Waals surface area contributed by atoms with Gasteiger partial charge in [0.2, 0.25) is 0 Å². The highest BCUT2D eigenvalue weighted by Gasteiger charge is 2.01. The van der Waals surface area contributed by atoms with Gasteiger partial charge in [0.1, 0.15) is 0 Å². The molecule has 1 heterocycles. The van der Waals surface area contributed by atoms with E-state index < -0.39 is 0 Å². The minimum atomic E-state index is 0.742. The Labute approximate surface area is 100 Å². The number of nitrogens with one attached hydrogen (secondary N) is 1. The number of hydrogen-bond donors (Lipinski definition) is 1. The second-order valence-electron chi connectivity index (χ2n) is 3.76. The summed E-state index contributed by atoms with van der Waals surface area (Å²) in [4.78, 5) is 0. The van der Waals surface area contributed by atoms with Gasteiger partial charge in [0.25, 0.3) is 0 Å². The van der Waals surface area contributed by atoms with Gasteiger partial charge in [-0.15, -0.1) is 0 Å². The maximum Gasteiger partial charge on any atom is 0.0597 e. The van der Waals surface area contributed by atoms with Crippen LogP contribution in [0.25, 0.3) is 0 Å². The summed E-state index contributed by atoms with van der Waals surface area (Å²) >= 11 is 5.90. The third-order valence-corrected chi connectivity index (χ3v) is 2.63. The van der Waals surface area contributed by atoms with Crippen LogP contribution in [-0.4, -0.2) is 9.78 Å². The molecule has 4 heteroatoms. The minimum Gasteiger partial charge on any atom is -0.379 e. The van der Waals surface area contributed by atoms with Gasteiger partial charge in [-0.3, -0.25) is 4.68 Å². The summed E-state index contributed by atoms with van der Waals surface area (Å²) in [6.07, 6.45) is 0. The highest BCUT2D eigenvalue weighted by molar-refractivity contribution is 6.30. The van der Waals surface area contributed by atoms with Gasteiger partial charge >= 0.3 is 0 Å². The SMILES string of the molecule is Cc1cc(CNc2cccc(Cl)c2)n(C)n1. The predicted molar refractivity (Wildman–Crippen MR) is 66.7 cm³/mol. The summed E-state index contributed by atoms with van der Waals surface area (Å²) in [6, 6.07) is 9.76. The van der Waals surface area contributed by atoms with Crippen LogP contribution in [0.4, 0.5) is 5.69 Å². The largest absolute Gasteiger partial charge is 0.379 e. The molecule has 2 rings (SSSR count). The number of benzene rings is 1. The van der Waals surface area contributed by atoms with Crippen molar-refractivity contribution in [3.05, 3.63) is 46.7 Å². The average Bonchev–Trinajstić information content (AvgIpc) is 2.54. The first-order chi connectivity index (χ1) is 7.65. The highest BCUT2D eigenvalue weighted by Crippen LogP contribution is 2.15. The summed E-state index contributed by atoms with van der Waals surface area (Å²) < 4.78 is 1.88. The van der Waals surface area contributed by atoms with Crippen LogP contribution in [0.3, 0.4) is 0 Å². The Morgan fingerprint density at radius 2 is 2.19 bits per heavy atom. The average molecular weight is 236 g/mol. The number of aryl methyl sites for hydroxylation is 2. The van der Waals surface area contributed by atoms with Gasteiger partial charge in [0.15, 0.2) is 0 Å². The molecule has 0 amide bonds. The fourth-order valence-electron chi connectivity index (χ4n) is 1.62.